The molecule has 27 heavy (non-hydrogen) atoms. The lowest BCUT2D eigenvalue weighted by Crippen LogP contribution is -2.20. The van der Waals surface area contributed by atoms with E-state index in [2.05, 4.69) is 22.9 Å². The van der Waals surface area contributed by atoms with Crippen molar-refractivity contribution < 1.29 is 19.1 Å². The summed E-state index contributed by atoms with van der Waals surface area (Å²) in [6.45, 7) is 5.21. The number of carbonyl (C=O) groups excluding carboxylic acids is 2. The molecule has 6 nitrogen and oxygen atoms in total. The van der Waals surface area contributed by atoms with Crippen LogP contribution in [-0.2, 0) is 22.4 Å². The largest absolute Gasteiger partial charge is 0.484 e. The molecular formula is C20H22N2O4S. The molecule has 0 spiro atoms. The highest BCUT2D eigenvalue weighted by atomic mass is 32.1. The first-order valence-corrected chi connectivity index (χ1v) is 9.68. The Morgan fingerprint density at radius 2 is 2.07 bits per heavy atom. The van der Waals surface area contributed by atoms with Gasteiger partial charge in [0.05, 0.1) is 5.69 Å². The minimum atomic E-state index is -0.476. The van der Waals surface area contributed by atoms with Crippen molar-refractivity contribution in [2.75, 3.05) is 18.5 Å². The molecule has 0 unspecified atom stereocenters. The molecule has 142 valence electrons. The summed E-state index contributed by atoms with van der Waals surface area (Å²) in [5.74, 6) is -0.113. The van der Waals surface area contributed by atoms with E-state index in [1.54, 1.807) is 6.92 Å². The highest BCUT2D eigenvalue weighted by Crippen LogP contribution is 2.26. The number of nitrogens with zero attached hydrogens (tertiary/aromatic N) is 1. The fourth-order valence-electron chi connectivity index (χ4n) is 2.94. The zero-order valence-corrected chi connectivity index (χ0v) is 16.1. The van der Waals surface area contributed by atoms with E-state index in [4.69, 9.17) is 9.47 Å². The van der Waals surface area contributed by atoms with E-state index < -0.39 is 5.97 Å². The van der Waals surface area contributed by atoms with Gasteiger partial charge in [-0.15, -0.1) is 0 Å². The number of esters is 1. The number of hydrogen-bond donors (Lipinski definition) is 1. The van der Waals surface area contributed by atoms with Crippen molar-refractivity contribution in [3.05, 3.63) is 52.6 Å². The first kappa shape index (κ1) is 19.1. The molecule has 1 N–H and O–H groups in total. The van der Waals surface area contributed by atoms with Crippen LogP contribution in [0.15, 0.2) is 30.9 Å². The number of fused-ring (bicyclic) bond motifs is 1. The van der Waals surface area contributed by atoms with E-state index in [0.717, 1.165) is 24.2 Å². The Bertz CT molecular complexity index is 860. The number of ether oxygens (including phenoxy) is 2. The molecule has 0 bridgehead atoms. The van der Waals surface area contributed by atoms with Gasteiger partial charge in [0.1, 0.15) is 17.2 Å². The molecule has 2 aromatic rings. The molecule has 0 fully saturated rings. The van der Waals surface area contributed by atoms with Gasteiger partial charge in [-0.05, 0) is 55.9 Å². The van der Waals surface area contributed by atoms with Crippen LogP contribution in [0.2, 0.25) is 0 Å². The Balaban J connectivity index is 1.55. The Labute approximate surface area is 162 Å². The number of benzene rings is 1. The lowest BCUT2D eigenvalue weighted by atomic mass is 9.92. The Morgan fingerprint density at radius 3 is 2.85 bits per heavy atom. The Hall–Kier alpha value is -2.67. The third-order valence-electron chi connectivity index (χ3n) is 4.25. The standard InChI is InChI=1S/C20H22N2O4S/c1-3-10-25-19(24)18-13(2)21-20(27-18)22-17(23)12-26-16-9-8-14-6-4-5-7-15(14)11-16/h3,8-9,11H,1,4-7,10,12H2,2H3,(H,21,22,23). The second kappa shape index (κ2) is 8.81. The second-order valence-corrected chi connectivity index (χ2v) is 7.29. The number of nitrogens with one attached hydrogen (secondary N) is 1. The van der Waals surface area contributed by atoms with E-state index in [0.29, 0.717) is 21.5 Å². The normalized spacial score (nSPS) is 12.8. The lowest BCUT2D eigenvalue weighted by molar-refractivity contribution is -0.118. The van der Waals surface area contributed by atoms with E-state index in [9.17, 15) is 9.59 Å². The Morgan fingerprint density at radius 1 is 1.30 bits per heavy atom. The van der Waals surface area contributed by atoms with E-state index in [-0.39, 0.29) is 19.1 Å². The number of thiazole rings is 1. The number of amides is 1. The Kier molecular flexibility index (Phi) is 6.24. The van der Waals surface area contributed by atoms with Crippen LogP contribution in [0.1, 0.15) is 39.3 Å². The van der Waals surface area contributed by atoms with Crippen LogP contribution in [0.25, 0.3) is 0 Å². The third kappa shape index (κ3) is 4.95. The maximum Gasteiger partial charge on any atom is 0.350 e. The summed E-state index contributed by atoms with van der Waals surface area (Å²) in [4.78, 5) is 28.6. The van der Waals surface area contributed by atoms with Crippen molar-refractivity contribution in [2.24, 2.45) is 0 Å². The number of aryl methyl sites for hydroxylation is 3. The van der Waals surface area contributed by atoms with Gasteiger partial charge in [0, 0.05) is 0 Å². The fraction of sp³-hybridized carbons (Fsp3) is 0.350. The highest BCUT2D eigenvalue weighted by Gasteiger charge is 2.18. The summed E-state index contributed by atoms with van der Waals surface area (Å²) in [6.07, 6.45) is 6.08. The van der Waals surface area contributed by atoms with Gasteiger partial charge in [0.25, 0.3) is 5.91 Å². The molecular weight excluding hydrogens is 364 g/mol. The van der Waals surface area contributed by atoms with Crippen LogP contribution < -0.4 is 10.1 Å². The summed E-state index contributed by atoms with van der Waals surface area (Å²) >= 11 is 1.08. The third-order valence-corrected chi connectivity index (χ3v) is 5.30. The predicted molar refractivity (Wildman–Crippen MR) is 105 cm³/mol. The molecule has 1 aliphatic rings. The number of aromatic nitrogens is 1. The lowest BCUT2D eigenvalue weighted by Gasteiger charge is -2.16. The summed E-state index contributed by atoms with van der Waals surface area (Å²) in [5, 5.41) is 3.01. The van der Waals surface area contributed by atoms with Crippen LogP contribution in [0.4, 0.5) is 5.13 Å². The molecule has 1 amide bonds. The number of rotatable bonds is 7. The van der Waals surface area contributed by atoms with Gasteiger partial charge >= 0.3 is 5.97 Å². The van der Waals surface area contributed by atoms with Crippen LogP contribution in [0.3, 0.4) is 0 Å². The summed E-state index contributed by atoms with van der Waals surface area (Å²) in [7, 11) is 0. The van der Waals surface area contributed by atoms with Crippen LogP contribution in [0, 0.1) is 6.92 Å². The van der Waals surface area contributed by atoms with Gasteiger partial charge in [-0.25, -0.2) is 9.78 Å². The van der Waals surface area contributed by atoms with Crippen molar-refractivity contribution in [2.45, 2.75) is 32.6 Å². The second-order valence-electron chi connectivity index (χ2n) is 6.30. The molecule has 1 aromatic carbocycles. The SMILES string of the molecule is C=CCOC(=O)c1sc(NC(=O)COc2ccc3c(c2)CCCC3)nc1C. The van der Waals surface area contributed by atoms with Gasteiger partial charge < -0.3 is 9.47 Å². The minimum absolute atomic E-state index is 0.117. The van der Waals surface area contributed by atoms with Gasteiger partial charge in [-0.2, -0.15) is 0 Å². The molecule has 1 aromatic heterocycles. The monoisotopic (exact) mass is 386 g/mol. The molecule has 0 saturated heterocycles. The van der Waals surface area contributed by atoms with Crippen molar-refractivity contribution in [3.8, 4) is 5.75 Å². The summed E-state index contributed by atoms with van der Waals surface area (Å²) in [6, 6.07) is 5.99. The molecule has 0 atom stereocenters. The van der Waals surface area contributed by atoms with E-state index in [1.807, 2.05) is 12.1 Å². The molecule has 1 aliphatic carbocycles. The molecule has 0 radical (unpaired) electrons. The average molecular weight is 386 g/mol. The van der Waals surface area contributed by atoms with Crippen molar-refractivity contribution >= 4 is 28.3 Å². The van der Waals surface area contributed by atoms with E-state index in [1.165, 1.54) is 30.0 Å². The number of carbonyl (C=O) groups is 2. The van der Waals surface area contributed by atoms with Crippen LogP contribution >= 0.6 is 11.3 Å². The summed E-state index contributed by atoms with van der Waals surface area (Å²) in [5.41, 5.74) is 3.18. The zero-order chi connectivity index (χ0) is 19.2. The topological polar surface area (TPSA) is 77.5 Å². The van der Waals surface area contributed by atoms with Crippen molar-refractivity contribution in [3.63, 3.8) is 0 Å². The van der Waals surface area contributed by atoms with Gasteiger partial charge in [-0.1, -0.05) is 30.1 Å². The minimum Gasteiger partial charge on any atom is -0.484 e. The predicted octanol–water partition coefficient (Wildman–Crippen LogP) is 3.69. The van der Waals surface area contributed by atoms with Crippen LogP contribution in [0.5, 0.6) is 5.75 Å². The first-order valence-electron chi connectivity index (χ1n) is 8.86. The van der Waals surface area contributed by atoms with Gasteiger partial charge in [-0.3, -0.25) is 10.1 Å². The quantitative estimate of drug-likeness (QED) is 0.580. The van der Waals surface area contributed by atoms with Gasteiger partial charge in [0.15, 0.2) is 11.7 Å². The molecule has 0 aliphatic heterocycles. The smallest absolute Gasteiger partial charge is 0.350 e. The number of hydrogen-bond acceptors (Lipinski definition) is 6. The summed E-state index contributed by atoms with van der Waals surface area (Å²) < 4.78 is 10.6. The van der Waals surface area contributed by atoms with E-state index >= 15 is 0 Å². The maximum atomic E-state index is 12.1. The van der Waals surface area contributed by atoms with Gasteiger partial charge in [0.2, 0.25) is 0 Å². The average Bonchev–Trinajstić information content (AvgIpc) is 3.04. The van der Waals surface area contributed by atoms with Crippen molar-refractivity contribution in [1.29, 1.82) is 0 Å². The molecule has 3 rings (SSSR count). The molecule has 1 heterocycles. The molecule has 7 heteroatoms. The highest BCUT2D eigenvalue weighted by molar-refractivity contribution is 7.17. The molecule has 0 saturated carbocycles. The first-order chi connectivity index (χ1) is 13.1. The van der Waals surface area contributed by atoms with Crippen molar-refractivity contribution in [1.82, 2.24) is 4.98 Å². The fourth-order valence-corrected chi connectivity index (χ4v) is 3.82. The van der Waals surface area contributed by atoms with Crippen LogP contribution in [-0.4, -0.2) is 30.1 Å². The zero-order valence-electron chi connectivity index (χ0n) is 15.2. The number of anilines is 1. The maximum absolute atomic E-state index is 12.1.